The van der Waals surface area contributed by atoms with Crippen LogP contribution < -0.4 is 5.73 Å². The fourth-order valence-electron chi connectivity index (χ4n) is 1.29. The summed E-state index contributed by atoms with van der Waals surface area (Å²) < 4.78 is 13.2. The zero-order valence-corrected chi connectivity index (χ0v) is 10.1. The molecule has 3 heteroatoms. The molecule has 0 fully saturated rings. The van der Waals surface area contributed by atoms with Crippen LogP contribution in [0.1, 0.15) is 26.3 Å². The molecule has 0 radical (unpaired) electrons. The van der Waals surface area contributed by atoms with Crippen molar-refractivity contribution in [2.45, 2.75) is 32.7 Å². The first kappa shape index (κ1) is 12.5. The molecule has 1 aromatic carbocycles. The molecule has 0 aromatic heterocycles. The van der Waals surface area contributed by atoms with Crippen LogP contribution in [0.2, 0.25) is 5.02 Å². The van der Waals surface area contributed by atoms with E-state index in [0.717, 1.165) is 5.56 Å². The highest BCUT2D eigenvalue weighted by Crippen LogP contribution is 2.22. The average molecular weight is 230 g/mol. The summed E-state index contributed by atoms with van der Waals surface area (Å²) in [6, 6.07) is 4.84. The van der Waals surface area contributed by atoms with Crippen LogP contribution in [0.15, 0.2) is 18.2 Å². The van der Waals surface area contributed by atoms with Crippen molar-refractivity contribution in [2.75, 3.05) is 0 Å². The minimum absolute atomic E-state index is 0.155. The van der Waals surface area contributed by atoms with Crippen LogP contribution in [-0.4, -0.2) is 5.54 Å². The van der Waals surface area contributed by atoms with E-state index in [0.29, 0.717) is 12.3 Å². The van der Waals surface area contributed by atoms with E-state index in [-0.39, 0.29) is 16.4 Å². The van der Waals surface area contributed by atoms with Gasteiger partial charge in [0.15, 0.2) is 0 Å². The molecule has 0 aliphatic heterocycles. The lowest BCUT2D eigenvalue weighted by atomic mass is 9.84. The molecule has 0 saturated heterocycles. The van der Waals surface area contributed by atoms with Crippen LogP contribution in [-0.2, 0) is 6.42 Å². The summed E-state index contributed by atoms with van der Waals surface area (Å²) in [6.45, 7) is 6.10. The molecule has 0 amide bonds. The first-order chi connectivity index (χ1) is 6.83. The van der Waals surface area contributed by atoms with Crippen molar-refractivity contribution in [3.8, 4) is 0 Å². The van der Waals surface area contributed by atoms with Gasteiger partial charge in [0.1, 0.15) is 5.82 Å². The molecular weight excluding hydrogens is 213 g/mol. The minimum Gasteiger partial charge on any atom is -0.325 e. The predicted molar refractivity (Wildman–Crippen MR) is 62.5 cm³/mol. The van der Waals surface area contributed by atoms with Crippen molar-refractivity contribution >= 4 is 11.6 Å². The van der Waals surface area contributed by atoms with Gasteiger partial charge in [-0.2, -0.15) is 0 Å². The zero-order chi connectivity index (χ0) is 11.6. The third kappa shape index (κ3) is 3.18. The van der Waals surface area contributed by atoms with Crippen LogP contribution in [0.5, 0.6) is 0 Å². The summed E-state index contributed by atoms with van der Waals surface area (Å²) in [6.07, 6.45) is 0.652. The Morgan fingerprint density at radius 3 is 2.53 bits per heavy atom. The molecule has 1 atom stereocenters. The zero-order valence-electron chi connectivity index (χ0n) is 9.35. The normalized spacial score (nSPS) is 15.4. The molecule has 15 heavy (non-hydrogen) atoms. The lowest BCUT2D eigenvalue weighted by Gasteiger charge is -2.29. The van der Waals surface area contributed by atoms with E-state index < -0.39 is 0 Å². The monoisotopic (exact) mass is 229 g/mol. The summed E-state index contributed by atoms with van der Waals surface area (Å²) in [5.74, 6) is -0.0371. The van der Waals surface area contributed by atoms with Crippen LogP contribution in [0.4, 0.5) is 4.39 Å². The standard InChI is InChI=1S/C12H17ClFN/c1-8(2)12(3,15)7-9-4-5-10(13)11(14)6-9/h4-6,8H,7,15H2,1-3H3. The lowest BCUT2D eigenvalue weighted by molar-refractivity contribution is 0.337. The smallest absolute Gasteiger partial charge is 0.142 e. The van der Waals surface area contributed by atoms with E-state index >= 15 is 0 Å². The third-order valence-electron chi connectivity index (χ3n) is 2.89. The molecule has 1 nitrogen and oxygen atoms in total. The van der Waals surface area contributed by atoms with Crippen LogP contribution in [0.3, 0.4) is 0 Å². The van der Waals surface area contributed by atoms with Gasteiger partial charge in [0.2, 0.25) is 0 Å². The van der Waals surface area contributed by atoms with Gasteiger partial charge in [-0.25, -0.2) is 4.39 Å². The van der Waals surface area contributed by atoms with E-state index in [4.69, 9.17) is 17.3 Å². The highest BCUT2D eigenvalue weighted by atomic mass is 35.5. The highest BCUT2D eigenvalue weighted by molar-refractivity contribution is 6.30. The van der Waals surface area contributed by atoms with Gasteiger partial charge in [0.05, 0.1) is 5.02 Å². The summed E-state index contributed by atoms with van der Waals surface area (Å²) in [5, 5.41) is 0.155. The summed E-state index contributed by atoms with van der Waals surface area (Å²) in [4.78, 5) is 0. The van der Waals surface area contributed by atoms with Crippen LogP contribution >= 0.6 is 11.6 Å². The number of benzene rings is 1. The molecule has 2 N–H and O–H groups in total. The molecule has 1 rings (SSSR count). The Bertz CT molecular complexity index is 347. The quantitative estimate of drug-likeness (QED) is 0.845. The Labute approximate surface area is 95.4 Å². The van der Waals surface area contributed by atoms with Crippen LogP contribution in [0.25, 0.3) is 0 Å². The number of hydrogen-bond donors (Lipinski definition) is 1. The van der Waals surface area contributed by atoms with E-state index in [2.05, 4.69) is 13.8 Å². The second kappa shape index (κ2) is 4.50. The SMILES string of the molecule is CC(C)C(C)(N)Cc1ccc(Cl)c(F)c1. The van der Waals surface area contributed by atoms with Gasteiger partial charge in [-0.1, -0.05) is 31.5 Å². The van der Waals surface area contributed by atoms with Crippen molar-refractivity contribution in [3.05, 3.63) is 34.6 Å². The molecule has 1 unspecified atom stereocenters. The third-order valence-corrected chi connectivity index (χ3v) is 3.19. The first-order valence-corrected chi connectivity index (χ1v) is 5.43. The van der Waals surface area contributed by atoms with E-state index in [1.54, 1.807) is 6.07 Å². The molecule has 1 aromatic rings. The Morgan fingerprint density at radius 1 is 1.47 bits per heavy atom. The van der Waals surface area contributed by atoms with E-state index in [1.807, 2.05) is 13.0 Å². The van der Waals surface area contributed by atoms with Crippen molar-refractivity contribution in [3.63, 3.8) is 0 Å². The predicted octanol–water partition coefficient (Wildman–Crippen LogP) is 3.40. The Morgan fingerprint density at radius 2 is 2.07 bits per heavy atom. The van der Waals surface area contributed by atoms with Crippen molar-refractivity contribution in [1.29, 1.82) is 0 Å². The molecular formula is C12H17ClFN. The van der Waals surface area contributed by atoms with Crippen molar-refractivity contribution < 1.29 is 4.39 Å². The van der Waals surface area contributed by atoms with Gasteiger partial charge in [0, 0.05) is 5.54 Å². The molecule has 0 spiro atoms. The molecule has 0 saturated carbocycles. The second-order valence-electron chi connectivity index (χ2n) is 4.59. The number of hydrogen-bond acceptors (Lipinski definition) is 1. The maximum Gasteiger partial charge on any atom is 0.142 e. The highest BCUT2D eigenvalue weighted by Gasteiger charge is 2.23. The topological polar surface area (TPSA) is 26.0 Å². The molecule has 0 bridgehead atoms. The van der Waals surface area contributed by atoms with Gasteiger partial charge in [-0.3, -0.25) is 0 Å². The van der Waals surface area contributed by atoms with Crippen molar-refractivity contribution in [2.24, 2.45) is 11.7 Å². The van der Waals surface area contributed by atoms with Crippen LogP contribution in [0, 0.1) is 11.7 Å². The van der Waals surface area contributed by atoms with Gasteiger partial charge in [-0.05, 0) is 37.0 Å². The number of halogens is 2. The average Bonchev–Trinajstić information content (AvgIpc) is 2.10. The first-order valence-electron chi connectivity index (χ1n) is 5.06. The molecule has 0 aliphatic rings. The molecule has 0 heterocycles. The number of nitrogens with two attached hydrogens (primary N) is 1. The molecule has 84 valence electrons. The fourth-order valence-corrected chi connectivity index (χ4v) is 1.41. The fraction of sp³-hybridized carbons (Fsp3) is 0.500. The largest absolute Gasteiger partial charge is 0.325 e. The van der Waals surface area contributed by atoms with Crippen molar-refractivity contribution in [1.82, 2.24) is 0 Å². The Balaban J connectivity index is 2.86. The Kier molecular flexibility index (Phi) is 3.74. The molecule has 0 aliphatic carbocycles. The minimum atomic E-state index is -0.381. The summed E-state index contributed by atoms with van der Waals surface area (Å²) in [7, 11) is 0. The second-order valence-corrected chi connectivity index (χ2v) is 4.99. The summed E-state index contributed by atoms with van der Waals surface area (Å²) >= 11 is 5.61. The maximum atomic E-state index is 13.2. The summed E-state index contributed by atoms with van der Waals surface area (Å²) in [5.41, 5.74) is 6.69. The number of rotatable bonds is 3. The van der Waals surface area contributed by atoms with Gasteiger partial charge < -0.3 is 5.73 Å². The Hall–Kier alpha value is -0.600. The van der Waals surface area contributed by atoms with E-state index in [9.17, 15) is 4.39 Å². The van der Waals surface area contributed by atoms with Gasteiger partial charge in [-0.15, -0.1) is 0 Å². The van der Waals surface area contributed by atoms with Gasteiger partial charge >= 0.3 is 0 Å². The maximum absolute atomic E-state index is 13.2. The van der Waals surface area contributed by atoms with Gasteiger partial charge in [0.25, 0.3) is 0 Å². The lowest BCUT2D eigenvalue weighted by Crippen LogP contribution is -2.43. The van der Waals surface area contributed by atoms with E-state index in [1.165, 1.54) is 6.07 Å².